The summed E-state index contributed by atoms with van der Waals surface area (Å²) in [5.41, 5.74) is 5.24. The molecule has 0 saturated heterocycles. The quantitative estimate of drug-likeness (QED) is 0.769. The third-order valence-corrected chi connectivity index (χ3v) is 3.91. The minimum atomic E-state index is 0.333. The van der Waals surface area contributed by atoms with E-state index >= 15 is 0 Å². The highest BCUT2D eigenvalue weighted by molar-refractivity contribution is 5.80. The lowest BCUT2D eigenvalue weighted by molar-refractivity contribution is 0.719. The van der Waals surface area contributed by atoms with Gasteiger partial charge in [0, 0.05) is 26.0 Å². The molecule has 2 nitrogen and oxygen atoms in total. The molecule has 102 valence electrons. The van der Waals surface area contributed by atoms with Crippen LogP contribution in [-0.4, -0.2) is 20.3 Å². The highest BCUT2D eigenvalue weighted by Crippen LogP contribution is 2.33. The molecule has 0 N–H and O–H groups in total. The lowest BCUT2D eigenvalue weighted by atomic mass is 10.1. The second kappa shape index (κ2) is 5.49. The Bertz CT molecular complexity index is 612. The van der Waals surface area contributed by atoms with Crippen LogP contribution in [0.25, 0.3) is 0 Å². The predicted molar refractivity (Wildman–Crippen MR) is 85.9 cm³/mol. The van der Waals surface area contributed by atoms with E-state index in [0.29, 0.717) is 6.04 Å². The van der Waals surface area contributed by atoms with Crippen LogP contribution in [0.2, 0.25) is 0 Å². The first kappa shape index (κ1) is 12.9. The van der Waals surface area contributed by atoms with Gasteiger partial charge in [0.25, 0.3) is 0 Å². The zero-order chi connectivity index (χ0) is 13.9. The van der Waals surface area contributed by atoms with Crippen molar-refractivity contribution in [3.05, 3.63) is 65.2 Å². The number of rotatable bonds is 3. The molecule has 2 aromatic carbocycles. The second-order valence-electron chi connectivity index (χ2n) is 5.52. The van der Waals surface area contributed by atoms with Crippen LogP contribution in [0.3, 0.4) is 0 Å². The molecule has 2 aromatic rings. The van der Waals surface area contributed by atoms with E-state index in [2.05, 4.69) is 67.5 Å². The number of aliphatic imine (C=N–C) groups is 1. The van der Waals surface area contributed by atoms with Gasteiger partial charge in [-0.15, -0.1) is 0 Å². The van der Waals surface area contributed by atoms with E-state index in [-0.39, 0.29) is 0 Å². The van der Waals surface area contributed by atoms with E-state index < -0.39 is 0 Å². The molecular formula is C18H20N2. The van der Waals surface area contributed by atoms with Gasteiger partial charge < -0.3 is 4.90 Å². The third-order valence-electron chi connectivity index (χ3n) is 3.91. The normalized spacial score (nSPS) is 17.4. The maximum atomic E-state index is 4.77. The summed E-state index contributed by atoms with van der Waals surface area (Å²) >= 11 is 0. The van der Waals surface area contributed by atoms with Crippen molar-refractivity contribution in [2.45, 2.75) is 18.9 Å². The molecule has 0 aliphatic heterocycles. The van der Waals surface area contributed by atoms with Crippen molar-refractivity contribution in [2.24, 2.45) is 4.99 Å². The fourth-order valence-corrected chi connectivity index (χ4v) is 2.72. The molecule has 2 heteroatoms. The SMILES string of the molecule is CN(C)c1ccc(C=N[C@@H]2CCc3ccccc32)cc1. The highest BCUT2D eigenvalue weighted by atomic mass is 15.1. The van der Waals surface area contributed by atoms with Gasteiger partial charge in [0.15, 0.2) is 0 Å². The fourth-order valence-electron chi connectivity index (χ4n) is 2.72. The Hall–Kier alpha value is -2.09. The minimum absolute atomic E-state index is 0.333. The summed E-state index contributed by atoms with van der Waals surface area (Å²) in [6.07, 6.45) is 4.29. The van der Waals surface area contributed by atoms with E-state index in [0.717, 1.165) is 12.8 Å². The number of nitrogens with zero attached hydrogens (tertiary/aromatic N) is 2. The standard InChI is InChI=1S/C18H20N2/c1-20(2)16-10-7-14(8-11-16)13-19-18-12-9-15-5-3-4-6-17(15)18/h3-8,10-11,13,18H,9,12H2,1-2H3/t18-/m1/s1. The Kier molecular flexibility index (Phi) is 3.55. The van der Waals surface area contributed by atoms with E-state index in [9.17, 15) is 0 Å². The third kappa shape index (κ3) is 2.60. The number of hydrogen-bond donors (Lipinski definition) is 0. The van der Waals surface area contributed by atoms with Crippen molar-refractivity contribution in [3.63, 3.8) is 0 Å². The van der Waals surface area contributed by atoms with Crippen LogP contribution < -0.4 is 4.90 Å². The number of hydrogen-bond acceptors (Lipinski definition) is 2. The van der Waals surface area contributed by atoms with Crippen LogP contribution in [0.4, 0.5) is 5.69 Å². The predicted octanol–water partition coefficient (Wildman–Crippen LogP) is 3.86. The highest BCUT2D eigenvalue weighted by Gasteiger charge is 2.20. The second-order valence-corrected chi connectivity index (χ2v) is 5.52. The molecule has 0 fully saturated rings. The van der Waals surface area contributed by atoms with Crippen LogP contribution >= 0.6 is 0 Å². The smallest absolute Gasteiger partial charge is 0.0755 e. The summed E-state index contributed by atoms with van der Waals surface area (Å²) in [5.74, 6) is 0. The van der Waals surface area contributed by atoms with Crippen molar-refractivity contribution in [3.8, 4) is 0 Å². The number of fused-ring (bicyclic) bond motifs is 1. The van der Waals surface area contributed by atoms with Crippen LogP contribution in [0, 0.1) is 0 Å². The molecule has 0 saturated carbocycles. The molecule has 20 heavy (non-hydrogen) atoms. The van der Waals surface area contributed by atoms with E-state index in [4.69, 9.17) is 4.99 Å². The van der Waals surface area contributed by atoms with E-state index in [1.807, 2.05) is 6.21 Å². The average molecular weight is 264 g/mol. The monoisotopic (exact) mass is 264 g/mol. The lowest BCUT2D eigenvalue weighted by Gasteiger charge is -2.11. The van der Waals surface area contributed by atoms with Gasteiger partial charge in [0.1, 0.15) is 0 Å². The molecule has 0 bridgehead atoms. The Morgan fingerprint density at radius 1 is 1.05 bits per heavy atom. The van der Waals surface area contributed by atoms with Crippen molar-refractivity contribution in [2.75, 3.05) is 19.0 Å². The summed E-state index contributed by atoms with van der Waals surface area (Å²) in [5, 5.41) is 0. The maximum Gasteiger partial charge on any atom is 0.0755 e. The molecule has 0 heterocycles. The lowest BCUT2D eigenvalue weighted by Crippen LogP contribution is -2.08. The maximum absolute atomic E-state index is 4.77. The number of aryl methyl sites for hydroxylation is 1. The molecule has 0 spiro atoms. The largest absolute Gasteiger partial charge is 0.378 e. The van der Waals surface area contributed by atoms with Gasteiger partial charge in [-0.05, 0) is 41.7 Å². The minimum Gasteiger partial charge on any atom is -0.378 e. The van der Waals surface area contributed by atoms with Crippen LogP contribution in [0.1, 0.15) is 29.2 Å². The first-order valence-electron chi connectivity index (χ1n) is 7.12. The van der Waals surface area contributed by atoms with Gasteiger partial charge >= 0.3 is 0 Å². The van der Waals surface area contributed by atoms with Crippen molar-refractivity contribution in [1.82, 2.24) is 0 Å². The van der Waals surface area contributed by atoms with Gasteiger partial charge in [0.2, 0.25) is 0 Å². The van der Waals surface area contributed by atoms with Crippen LogP contribution in [-0.2, 0) is 6.42 Å². The number of benzene rings is 2. The van der Waals surface area contributed by atoms with Crippen molar-refractivity contribution in [1.29, 1.82) is 0 Å². The van der Waals surface area contributed by atoms with Crippen molar-refractivity contribution < 1.29 is 0 Å². The zero-order valence-electron chi connectivity index (χ0n) is 12.1. The molecule has 1 atom stereocenters. The molecule has 0 amide bonds. The summed E-state index contributed by atoms with van der Waals surface area (Å²) in [6, 6.07) is 17.5. The van der Waals surface area contributed by atoms with Gasteiger partial charge in [-0.1, -0.05) is 36.4 Å². The Morgan fingerprint density at radius 2 is 1.80 bits per heavy atom. The molecule has 1 aliphatic carbocycles. The summed E-state index contributed by atoms with van der Waals surface area (Å²) in [6.45, 7) is 0. The van der Waals surface area contributed by atoms with Gasteiger partial charge in [-0.2, -0.15) is 0 Å². The molecule has 3 rings (SSSR count). The van der Waals surface area contributed by atoms with E-state index in [1.54, 1.807) is 0 Å². The fraction of sp³-hybridized carbons (Fsp3) is 0.278. The summed E-state index contributed by atoms with van der Waals surface area (Å²) in [7, 11) is 4.11. The molecular weight excluding hydrogens is 244 g/mol. The molecule has 0 radical (unpaired) electrons. The molecule has 0 unspecified atom stereocenters. The Morgan fingerprint density at radius 3 is 2.55 bits per heavy atom. The van der Waals surface area contributed by atoms with Gasteiger partial charge in [-0.25, -0.2) is 0 Å². The Balaban J connectivity index is 1.75. The molecule has 1 aliphatic rings. The van der Waals surface area contributed by atoms with Gasteiger partial charge in [-0.3, -0.25) is 4.99 Å². The van der Waals surface area contributed by atoms with Crippen LogP contribution in [0.15, 0.2) is 53.5 Å². The van der Waals surface area contributed by atoms with E-state index in [1.165, 1.54) is 22.4 Å². The zero-order valence-corrected chi connectivity index (χ0v) is 12.1. The summed E-state index contributed by atoms with van der Waals surface area (Å²) < 4.78 is 0. The topological polar surface area (TPSA) is 15.6 Å². The van der Waals surface area contributed by atoms with Crippen LogP contribution in [0.5, 0.6) is 0 Å². The average Bonchev–Trinajstić information content (AvgIpc) is 2.89. The first-order valence-corrected chi connectivity index (χ1v) is 7.12. The first-order chi connectivity index (χ1) is 9.74. The van der Waals surface area contributed by atoms with Crippen molar-refractivity contribution >= 4 is 11.9 Å². The Labute approximate surface area is 120 Å². The van der Waals surface area contributed by atoms with Gasteiger partial charge in [0.05, 0.1) is 6.04 Å². The molecule has 0 aromatic heterocycles. The number of anilines is 1. The summed E-state index contributed by atoms with van der Waals surface area (Å²) in [4.78, 5) is 6.88.